The van der Waals surface area contributed by atoms with Crippen LogP contribution in [0.25, 0.3) is 0 Å². The lowest BCUT2D eigenvalue weighted by Gasteiger charge is -2.11. The summed E-state index contributed by atoms with van der Waals surface area (Å²) in [6.45, 7) is 4.05. The van der Waals surface area contributed by atoms with Crippen molar-refractivity contribution in [3.05, 3.63) is 34.4 Å². The van der Waals surface area contributed by atoms with Crippen LogP contribution >= 0.6 is 11.6 Å². The van der Waals surface area contributed by atoms with E-state index in [1.54, 1.807) is 28.8 Å². The molecule has 1 unspecified atom stereocenters. The molecule has 2 heterocycles. The molecular formula is C12H17ClN4O. The number of hydrogen-bond donors (Lipinski definition) is 1. The van der Waals surface area contributed by atoms with Crippen LogP contribution in [0, 0.1) is 0 Å². The van der Waals surface area contributed by atoms with Crippen LogP contribution in [0.5, 0.6) is 0 Å². The number of hydrogen-bond acceptors (Lipinski definition) is 3. The summed E-state index contributed by atoms with van der Waals surface area (Å²) >= 11 is 6.22. The third-order valence-corrected chi connectivity index (χ3v) is 3.35. The molecule has 1 N–H and O–H groups in total. The van der Waals surface area contributed by atoms with Crippen LogP contribution in [-0.4, -0.2) is 24.7 Å². The largest absolute Gasteiger partial charge is 0.383 e. The lowest BCUT2D eigenvalue weighted by atomic mass is 9.99. The van der Waals surface area contributed by atoms with Gasteiger partial charge in [0, 0.05) is 31.4 Å². The highest BCUT2D eigenvalue weighted by molar-refractivity contribution is 6.30. The van der Waals surface area contributed by atoms with Crippen LogP contribution in [0.4, 0.5) is 0 Å². The van der Waals surface area contributed by atoms with Crippen LogP contribution in [0.15, 0.2) is 12.4 Å². The van der Waals surface area contributed by atoms with E-state index in [0.717, 1.165) is 5.69 Å². The number of aliphatic hydroxyl groups excluding tert-OH is 1. The van der Waals surface area contributed by atoms with E-state index in [1.165, 1.54) is 0 Å². The van der Waals surface area contributed by atoms with Crippen molar-refractivity contribution in [3.8, 4) is 0 Å². The molecule has 2 rings (SSSR count). The van der Waals surface area contributed by atoms with E-state index in [9.17, 15) is 5.11 Å². The maximum Gasteiger partial charge on any atom is 0.133 e. The molecule has 0 bridgehead atoms. The van der Waals surface area contributed by atoms with E-state index in [2.05, 4.69) is 10.2 Å². The third-order valence-electron chi connectivity index (χ3n) is 2.90. The zero-order chi connectivity index (χ0) is 13.4. The van der Waals surface area contributed by atoms with Crippen molar-refractivity contribution in [2.24, 2.45) is 14.1 Å². The Labute approximate surface area is 111 Å². The van der Waals surface area contributed by atoms with Gasteiger partial charge in [-0.2, -0.15) is 10.2 Å². The fourth-order valence-electron chi connectivity index (χ4n) is 1.97. The second kappa shape index (κ2) is 4.74. The molecule has 18 heavy (non-hydrogen) atoms. The Morgan fingerprint density at radius 1 is 1.33 bits per heavy atom. The average molecular weight is 269 g/mol. The highest BCUT2D eigenvalue weighted by Gasteiger charge is 2.25. The first kappa shape index (κ1) is 13.1. The molecule has 1 atom stereocenters. The second-order valence-corrected chi connectivity index (χ2v) is 5.08. The summed E-state index contributed by atoms with van der Waals surface area (Å²) in [6.07, 6.45) is 2.62. The summed E-state index contributed by atoms with van der Waals surface area (Å²) in [6, 6.07) is 0. The number of aromatic nitrogens is 4. The topological polar surface area (TPSA) is 55.9 Å². The van der Waals surface area contributed by atoms with Gasteiger partial charge in [0.05, 0.1) is 11.9 Å². The molecule has 0 aliphatic heterocycles. The van der Waals surface area contributed by atoms with E-state index in [4.69, 9.17) is 11.6 Å². The Morgan fingerprint density at radius 2 is 2.00 bits per heavy atom. The number of aryl methyl sites for hydroxylation is 2. The van der Waals surface area contributed by atoms with Crippen molar-refractivity contribution in [2.45, 2.75) is 25.9 Å². The van der Waals surface area contributed by atoms with Gasteiger partial charge < -0.3 is 5.11 Å². The van der Waals surface area contributed by atoms with Crippen LogP contribution in [0.1, 0.15) is 42.7 Å². The minimum Gasteiger partial charge on any atom is -0.383 e. The fraction of sp³-hybridized carbons (Fsp3) is 0.500. The minimum absolute atomic E-state index is 0.199. The molecule has 2 aromatic heterocycles. The lowest BCUT2D eigenvalue weighted by Crippen LogP contribution is -2.03. The molecule has 0 aliphatic carbocycles. The van der Waals surface area contributed by atoms with E-state index >= 15 is 0 Å². The van der Waals surface area contributed by atoms with Gasteiger partial charge in [0.25, 0.3) is 0 Å². The number of nitrogens with zero attached hydrogens (tertiary/aromatic N) is 4. The predicted octanol–water partition coefficient (Wildman–Crippen LogP) is 2.01. The van der Waals surface area contributed by atoms with Crippen molar-refractivity contribution < 1.29 is 5.11 Å². The minimum atomic E-state index is -0.794. The smallest absolute Gasteiger partial charge is 0.133 e. The summed E-state index contributed by atoms with van der Waals surface area (Å²) in [4.78, 5) is 0. The zero-order valence-electron chi connectivity index (χ0n) is 10.9. The molecule has 0 saturated carbocycles. The Hall–Kier alpha value is -1.33. The van der Waals surface area contributed by atoms with Gasteiger partial charge in [0.15, 0.2) is 0 Å². The van der Waals surface area contributed by atoms with Crippen molar-refractivity contribution >= 4 is 11.6 Å². The molecule has 0 aliphatic rings. The summed E-state index contributed by atoms with van der Waals surface area (Å²) in [5, 5.41) is 19.3. The molecule has 98 valence electrons. The van der Waals surface area contributed by atoms with Crippen molar-refractivity contribution in [1.82, 2.24) is 19.6 Å². The molecule has 5 nitrogen and oxygen atoms in total. The Balaban J connectivity index is 2.50. The Bertz CT molecular complexity index is 558. The summed E-state index contributed by atoms with van der Waals surface area (Å²) in [5.41, 5.74) is 2.20. The lowest BCUT2D eigenvalue weighted by molar-refractivity contribution is 0.218. The van der Waals surface area contributed by atoms with Gasteiger partial charge in [-0.15, -0.1) is 0 Å². The average Bonchev–Trinajstić information content (AvgIpc) is 2.84. The standard InChI is InChI=1S/C12H17ClN4O/c1-7(2)10-9(12(13)17(4)15-10)11(18)8-5-14-16(3)6-8/h5-7,11,18H,1-4H3. The van der Waals surface area contributed by atoms with Gasteiger partial charge in [-0.05, 0) is 5.92 Å². The maximum atomic E-state index is 10.4. The molecule has 0 amide bonds. The van der Waals surface area contributed by atoms with E-state index in [1.807, 2.05) is 20.9 Å². The van der Waals surface area contributed by atoms with Gasteiger partial charge in [-0.25, -0.2) is 0 Å². The first-order chi connectivity index (χ1) is 8.41. The second-order valence-electron chi connectivity index (χ2n) is 4.72. The van der Waals surface area contributed by atoms with Gasteiger partial charge in [0.1, 0.15) is 11.3 Å². The van der Waals surface area contributed by atoms with Crippen molar-refractivity contribution in [1.29, 1.82) is 0 Å². The van der Waals surface area contributed by atoms with Gasteiger partial charge in [0.2, 0.25) is 0 Å². The van der Waals surface area contributed by atoms with Crippen LogP contribution in [-0.2, 0) is 14.1 Å². The SMILES string of the molecule is CC(C)c1nn(C)c(Cl)c1C(O)c1cnn(C)c1. The third kappa shape index (κ3) is 2.15. The Morgan fingerprint density at radius 3 is 2.50 bits per heavy atom. The van der Waals surface area contributed by atoms with Gasteiger partial charge in [-0.3, -0.25) is 9.36 Å². The number of halogens is 1. The molecule has 0 fully saturated rings. The van der Waals surface area contributed by atoms with Crippen molar-refractivity contribution in [3.63, 3.8) is 0 Å². The first-order valence-electron chi connectivity index (χ1n) is 5.80. The Kier molecular flexibility index (Phi) is 3.45. The van der Waals surface area contributed by atoms with E-state index in [-0.39, 0.29) is 5.92 Å². The molecule has 6 heteroatoms. The first-order valence-corrected chi connectivity index (χ1v) is 6.18. The fourth-order valence-corrected chi connectivity index (χ4v) is 2.20. The van der Waals surface area contributed by atoms with Gasteiger partial charge >= 0.3 is 0 Å². The molecule has 2 aromatic rings. The summed E-state index contributed by atoms with van der Waals surface area (Å²) in [5.74, 6) is 0.199. The quantitative estimate of drug-likeness (QED) is 0.927. The van der Waals surface area contributed by atoms with Crippen LogP contribution < -0.4 is 0 Å². The molecule has 0 saturated heterocycles. The van der Waals surface area contributed by atoms with E-state index < -0.39 is 6.10 Å². The number of aliphatic hydroxyl groups is 1. The summed E-state index contributed by atoms with van der Waals surface area (Å²) in [7, 11) is 3.58. The van der Waals surface area contributed by atoms with Gasteiger partial charge in [-0.1, -0.05) is 25.4 Å². The zero-order valence-corrected chi connectivity index (χ0v) is 11.7. The molecule has 0 radical (unpaired) electrons. The maximum absolute atomic E-state index is 10.4. The normalized spacial score (nSPS) is 13.3. The van der Waals surface area contributed by atoms with Crippen LogP contribution in [0.3, 0.4) is 0 Å². The predicted molar refractivity (Wildman–Crippen MR) is 69.6 cm³/mol. The molecule has 0 aromatic carbocycles. The monoisotopic (exact) mass is 268 g/mol. The van der Waals surface area contributed by atoms with Crippen molar-refractivity contribution in [2.75, 3.05) is 0 Å². The molecular weight excluding hydrogens is 252 g/mol. The number of rotatable bonds is 3. The van der Waals surface area contributed by atoms with E-state index in [0.29, 0.717) is 16.3 Å². The highest BCUT2D eigenvalue weighted by Crippen LogP contribution is 2.33. The summed E-state index contributed by atoms with van der Waals surface area (Å²) < 4.78 is 3.24. The highest BCUT2D eigenvalue weighted by atomic mass is 35.5. The van der Waals surface area contributed by atoms with Crippen LogP contribution in [0.2, 0.25) is 5.15 Å². The molecule has 0 spiro atoms.